The van der Waals surface area contributed by atoms with Gasteiger partial charge in [0.1, 0.15) is 4.60 Å². The Labute approximate surface area is 114 Å². The Morgan fingerprint density at radius 1 is 1.28 bits per heavy atom. The van der Waals surface area contributed by atoms with Gasteiger partial charge in [-0.05, 0) is 28.1 Å². The number of rotatable bonds is 5. The number of nitrogens with one attached hydrogen (secondary N) is 1. The third kappa shape index (κ3) is 3.61. The minimum Gasteiger partial charge on any atom is -0.338 e. The van der Waals surface area contributed by atoms with Crippen molar-refractivity contribution < 1.29 is 4.52 Å². The van der Waals surface area contributed by atoms with Gasteiger partial charge in [0, 0.05) is 12.5 Å². The molecule has 18 heavy (non-hydrogen) atoms. The van der Waals surface area contributed by atoms with E-state index in [1.54, 1.807) is 0 Å². The minimum absolute atomic E-state index is 0.286. The van der Waals surface area contributed by atoms with Gasteiger partial charge in [-0.2, -0.15) is 4.98 Å². The molecule has 2 rings (SSSR count). The van der Waals surface area contributed by atoms with Gasteiger partial charge in [0.15, 0.2) is 5.82 Å². The van der Waals surface area contributed by atoms with Crippen molar-refractivity contribution in [2.75, 3.05) is 0 Å². The topological polar surface area (TPSA) is 63.8 Å². The van der Waals surface area contributed by atoms with Crippen LogP contribution in [0.1, 0.15) is 37.2 Å². The Hall–Kier alpha value is -1.27. The monoisotopic (exact) mass is 310 g/mol. The van der Waals surface area contributed by atoms with Crippen molar-refractivity contribution >= 4 is 15.9 Å². The van der Waals surface area contributed by atoms with E-state index in [0.717, 1.165) is 16.1 Å². The van der Waals surface area contributed by atoms with Gasteiger partial charge >= 0.3 is 0 Å². The molecule has 2 aromatic rings. The van der Waals surface area contributed by atoms with E-state index in [-0.39, 0.29) is 5.92 Å². The zero-order valence-corrected chi connectivity index (χ0v) is 11.9. The van der Waals surface area contributed by atoms with E-state index < -0.39 is 0 Å². The fourth-order valence-electron chi connectivity index (χ4n) is 1.42. The van der Waals surface area contributed by atoms with Gasteiger partial charge in [-0.1, -0.05) is 25.1 Å². The Morgan fingerprint density at radius 3 is 2.78 bits per heavy atom. The molecule has 0 saturated carbocycles. The molecule has 2 aromatic heterocycles. The van der Waals surface area contributed by atoms with Gasteiger partial charge in [0.2, 0.25) is 5.89 Å². The molecule has 0 aliphatic rings. The summed E-state index contributed by atoms with van der Waals surface area (Å²) in [6.07, 6.45) is 0. The second-order valence-corrected chi connectivity index (χ2v) is 5.07. The lowest BCUT2D eigenvalue weighted by molar-refractivity contribution is 0.361. The van der Waals surface area contributed by atoms with E-state index in [4.69, 9.17) is 4.52 Å². The first-order valence-electron chi connectivity index (χ1n) is 5.80. The highest BCUT2D eigenvalue weighted by atomic mass is 79.9. The van der Waals surface area contributed by atoms with Crippen LogP contribution in [0.4, 0.5) is 0 Å². The molecule has 0 radical (unpaired) electrons. The smallest absolute Gasteiger partial charge is 0.240 e. The van der Waals surface area contributed by atoms with E-state index in [9.17, 15) is 0 Å². The lowest BCUT2D eigenvalue weighted by Crippen LogP contribution is -2.14. The maximum absolute atomic E-state index is 5.13. The van der Waals surface area contributed by atoms with Crippen LogP contribution in [0.15, 0.2) is 27.3 Å². The van der Waals surface area contributed by atoms with Crippen molar-refractivity contribution in [3.63, 3.8) is 0 Å². The van der Waals surface area contributed by atoms with E-state index >= 15 is 0 Å². The van der Waals surface area contributed by atoms with Gasteiger partial charge in [-0.25, -0.2) is 4.98 Å². The summed E-state index contributed by atoms with van der Waals surface area (Å²) in [5.74, 6) is 1.63. The van der Waals surface area contributed by atoms with Crippen molar-refractivity contribution in [3.05, 3.63) is 40.2 Å². The van der Waals surface area contributed by atoms with E-state index in [1.807, 2.05) is 32.0 Å². The molecule has 0 saturated heterocycles. The van der Waals surface area contributed by atoms with E-state index in [0.29, 0.717) is 19.0 Å². The molecular formula is C12H15BrN4O. The fraction of sp³-hybridized carbons (Fsp3) is 0.417. The summed E-state index contributed by atoms with van der Waals surface area (Å²) in [4.78, 5) is 8.61. The van der Waals surface area contributed by atoms with Crippen LogP contribution in [-0.2, 0) is 13.1 Å². The van der Waals surface area contributed by atoms with Crippen LogP contribution >= 0.6 is 15.9 Å². The summed E-state index contributed by atoms with van der Waals surface area (Å²) in [7, 11) is 0. The lowest BCUT2D eigenvalue weighted by atomic mass is 10.2. The highest BCUT2D eigenvalue weighted by Crippen LogP contribution is 2.09. The second-order valence-electron chi connectivity index (χ2n) is 4.26. The van der Waals surface area contributed by atoms with Gasteiger partial charge in [-0.3, -0.25) is 0 Å². The second kappa shape index (κ2) is 6.06. The molecule has 5 nitrogen and oxygen atoms in total. The van der Waals surface area contributed by atoms with Gasteiger partial charge in [0.05, 0.1) is 12.2 Å². The minimum atomic E-state index is 0.286. The van der Waals surface area contributed by atoms with Crippen molar-refractivity contribution in [1.82, 2.24) is 20.4 Å². The Morgan fingerprint density at radius 2 is 2.11 bits per heavy atom. The molecule has 1 N–H and O–H groups in total. The van der Waals surface area contributed by atoms with E-state index in [2.05, 4.69) is 36.4 Å². The summed E-state index contributed by atoms with van der Waals surface area (Å²) in [5, 5.41) is 7.12. The number of halogens is 1. The first-order valence-corrected chi connectivity index (χ1v) is 6.59. The summed E-state index contributed by atoms with van der Waals surface area (Å²) in [6, 6.07) is 5.82. The molecule has 0 amide bonds. The van der Waals surface area contributed by atoms with Crippen molar-refractivity contribution in [3.8, 4) is 0 Å². The summed E-state index contributed by atoms with van der Waals surface area (Å²) >= 11 is 3.34. The van der Waals surface area contributed by atoms with Crippen LogP contribution in [0, 0.1) is 0 Å². The molecule has 0 bridgehead atoms. The molecule has 0 unspecified atom stereocenters. The molecule has 0 aromatic carbocycles. The molecule has 2 heterocycles. The van der Waals surface area contributed by atoms with Gasteiger partial charge in [0.25, 0.3) is 0 Å². The Kier molecular flexibility index (Phi) is 4.43. The quantitative estimate of drug-likeness (QED) is 0.860. The average molecular weight is 311 g/mol. The third-order valence-electron chi connectivity index (χ3n) is 2.36. The predicted octanol–water partition coefficient (Wildman–Crippen LogP) is 2.64. The molecule has 0 fully saturated rings. The molecule has 6 heteroatoms. The molecule has 0 aliphatic carbocycles. The maximum Gasteiger partial charge on any atom is 0.240 e. The molecule has 96 valence electrons. The number of nitrogens with zero attached hydrogens (tertiary/aromatic N) is 3. The summed E-state index contributed by atoms with van der Waals surface area (Å²) in [5.41, 5.74) is 0.966. The summed E-state index contributed by atoms with van der Waals surface area (Å²) in [6.45, 7) is 5.29. The molecule has 0 spiro atoms. The highest BCUT2D eigenvalue weighted by Gasteiger charge is 2.08. The first-order chi connectivity index (χ1) is 8.65. The number of hydrogen-bond donors (Lipinski definition) is 1. The van der Waals surface area contributed by atoms with Crippen molar-refractivity contribution in [2.24, 2.45) is 0 Å². The maximum atomic E-state index is 5.13. The standard InChI is InChI=1S/C12H15BrN4O/c1-8(2)12-16-11(18-17-12)7-14-6-9-4-3-5-10(13)15-9/h3-5,8,14H,6-7H2,1-2H3. The first kappa shape index (κ1) is 13.2. The zero-order chi connectivity index (χ0) is 13.0. The van der Waals surface area contributed by atoms with Crippen LogP contribution in [0.25, 0.3) is 0 Å². The Bertz CT molecular complexity index is 512. The van der Waals surface area contributed by atoms with Gasteiger partial charge < -0.3 is 9.84 Å². The molecule has 0 aliphatic heterocycles. The number of aromatic nitrogens is 3. The van der Waals surface area contributed by atoms with E-state index in [1.165, 1.54) is 0 Å². The molecular weight excluding hydrogens is 296 g/mol. The predicted molar refractivity (Wildman–Crippen MR) is 70.9 cm³/mol. The fourth-order valence-corrected chi connectivity index (χ4v) is 1.80. The normalized spacial score (nSPS) is 11.1. The largest absolute Gasteiger partial charge is 0.338 e. The average Bonchev–Trinajstić information content (AvgIpc) is 2.78. The van der Waals surface area contributed by atoms with Crippen LogP contribution in [0.3, 0.4) is 0 Å². The Balaban J connectivity index is 1.84. The van der Waals surface area contributed by atoms with Crippen LogP contribution in [0.2, 0.25) is 0 Å². The number of pyridine rings is 1. The van der Waals surface area contributed by atoms with Crippen molar-refractivity contribution in [1.29, 1.82) is 0 Å². The van der Waals surface area contributed by atoms with Crippen molar-refractivity contribution in [2.45, 2.75) is 32.9 Å². The van der Waals surface area contributed by atoms with Crippen LogP contribution in [0.5, 0.6) is 0 Å². The lowest BCUT2D eigenvalue weighted by Gasteiger charge is -2.01. The highest BCUT2D eigenvalue weighted by molar-refractivity contribution is 9.10. The third-order valence-corrected chi connectivity index (χ3v) is 2.80. The van der Waals surface area contributed by atoms with Crippen LogP contribution < -0.4 is 5.32 Å². The van der Waals surface area contributed by atoms with Crippen LogP contribution in [-0.4, -0.2) is 15.1 Å². The molecule has 0 atom stereocenters. The number of hydrogen-bond acceptors (Lipinski definition) is 5. The SMILES string of the molecule is CC(C)c1noc(CNCc2cccc(Br)n2)n1. The zero-order valence-electron chi connectivity index (χ0n) is 10.4. The summed E-state index contributed by atoms with van der Waals surface area (Å²) < 4.78 is 5.97. The van der Waals surface area contributed by atoms with Gasteiger partial charge in [-0.15, -0.1) is 0 Å².